The third-order valence-electron chi connectivity index (χ3n) is 2.77. The van der Waals surface area contributed by atoms with Gasteiger partial charge in [-0.05, 0) is 6.92 Å². The first-order chi connectivity index (χ1) is 8.34. The van der Waals surface area contributed by atoms with Gasteiger partial charge in [0.2, 0.25) is 5.78 Å². The molecular formula is C10H18N2O6. The molecule has 0 radical (unpaired) electrons. The second-order valence-corrected chi connectivity index (χ2v) is 4.22. The van der Waals surface area contributed by atoms with Gasteiger partial charge in [0, 0.05) is 6.92 Å². The molecule has 0 aliphatic carbocycles. The molecule has 8 heteroatoms. The van der Waals surface area contributed by atoms with Crippen LogP contribution in [0.1, 0.15) is 13.8 Å². The summed E-state index contributed by atoms with van der Waals surface area (Å²) < 4.78 is 4.98. The van der Waals surface area contributed by atoms with E-state index < -0.39 is 42.2 Å². The fourth-order valence-electron chi connectivity index (χ4n) is 1.57. The quantitative estimate of drug-likeness (QED) is 0.263. The summed E-state index contributed by atoms with van der Waals surface area (Å²) in [4.78, 5) is 21.7. The molecule has 1 rings (SSSR count). The molecule has 1 fully saturated rings. The highest BCUT2D eigenvalue weighted by atomic mass is 16.6. The van der Waals surface area contributed by atoms with Gasteiger partial charge in [-0.3, -0.25) is 9.59 Å². The Morgan fingerprint density at radius 1 is 1.22 bits per heavy atom. The standard InChI is InChI=1S/C10H18N2O6/c1-4(13)6(14)3-11-12-7-9(16)8(15)5(2)18-10(7)17/h5,7-12,15-17H,3H2,1-2H3/t5-,7-,8-,9-,10?/m1/s1. The van der Waals surface area contributed by atoms with E-state index in [1.54, 1.807) is 0 Å². The molecule has 5 atom stereocenters. The van der Waals surface area contributed by atoms with Crippen LogP contribution in [-0.4, -0.2) is 64.1 Å². The molecule has 0 bridgehead atoms. The van der Waals surface area contributed by atoms with E-state index >= 15 is 0 Å². The van der Waals surface area contributed by atoms with Crippen molar-refractivity contribution in [3.8, 4) is 0 Å². The predicted molar refractivity (Wildman–Crippen MR) is 59.2 cm³/mol. The van der Waals surface area contributed by atoms with E-state index in [9.17, 15) is 24.9 Å². The number of carbonyl (C=O) groups excluding carboxylic acids is 2. The summed E-state index contributed by atoms with van der Waals surface area (Å²) in [6.07, 6.45) is -4.45. The number of hydrogen-bond donors (Lipinski definition) is 5. The maximum Gasteiger partial charge on any atom is 0.213 e. The second-order valence-electron chi connectivity index (χ2n) is 4.22. The van der Waals surface area contributed by atoms with Crippen LogP contribution in [0.25, 0.3) is 0 Å². The van der Waals surface area contributed by atoms with Crippen molar-refractivity contribution >= 4 is 11.6 Å². The number of aliphatic hydroxyl groups excluding tert-OH is 3. The Morgan fingerprint density at radius 3 is 2.39 bits per heavy atom. The van der Waals surface area contributed by atoms with Gasteiger partial charge in [-0.1, -0.05) is 0 Å². The number of ketones is 2. The topological polar surface area (TPSA) is 128 Å². The van der Waals surface area contributed by atoms with Crippen molar-refractivity contribution in [1.82, 2.24) is 10.9 Å². The van der Waals surface area contributed by atoms with Gasteiger partial charge >= 0.3 is 0 Å². The molecule has 1 aliphatic heterocycles. The molecule has 0 aromatic rings. The van der Waals surface area contributed by atoms with Crippen LogP contribution in [0.5, 0.6) is 0 Å². The summed E-state index contributed by atoms with van der Waals surface area (Å²) in [5, 5.41) is 28.8. The van der Waals surface area contributed by atoms with Gasteiger partial charge < -0.3 is 20.1 Å². The van der Waals surface area contributed by atoms with E-state index in [-0.39, 0.29) is 6.54 Å². The van der Waals surface area contributed by atoms with Crippen molar-refractivity contribution in [3.63, 3.8) is 0 Å². The molecular weight excluding hydrogens is 244 g/mol. The van der Waals surface area contributed by atoms with Crippen molar-refractivity contribution in [2.24, 2.45) is 0 Å². The third-order valence-corrected chi connectivity index (χ3v) is 2.77. The summed E-state index contributed by atoms with van der Waals surface area (Å²) in [5.41, 5.74) is 4.85. The Labute approximate surface area is 104 Å². The largest absolute Gasteiger partial charge is 0.388 e. The summed E-state index contributed by atoms with van der Waals surface area (Å²) in [5.74, 6) is -1.24. The zero-order valence-electron chi connectivity index (χ0n) is 10.2. The van der Waals surface area contributed by atoms with Gasteiger partial charge in [0.1, 0.15) is 18.2 Å². The van der Waals surface area contributed by atoms with E-state index in [1.807, 2.05) is 0 Å². The molecule has 8 nitrogen and oxygen atoms in total. The van der Waals surface area contributed by atoms with Crippen LogP contribution >= 0.6 is 0 Å². The average molecular weight is 262 g/mol. The van der Waals surface area contributed by atoms with E-state index in [0.717, 1.165) is 6.92 Å². The summed E-state index contributed by atoms with van der Waals surface area (Å²) >= 11 is 0. The summed E-state index contributed by atoms with van der Waals surface area (Å²) in [7, 11) is 0. The maximum absolute atomic E-state index is 11.0. The normalized spacial score (nSPS) is 36.4. The molecule has 1 heterocycles. The van der Waals surface area contributed by atoms with E-state index in [4.69, 9.17) is 4.74 Å². The van der Waals surface area contributed by atoms with Crippen molar-refractivity contribution in [2.75, 3.05) is 6.54 Å². The number of carbonyl (C=O) groups is 2. The molecule has 5 N–H and O–H groups in total. The molecule has 104 valence electrons. The fraction of sp³-hybridized carbons (Fsp3) is 0.800. The monoisotopic (exact) mass is 262 g/mol. The number of hydrazine groups is 1. The Bertz CT molecular complexity index is 323. The Kier molecular flexibility index (Phi) is 5.32. The molecule has 1 saturated heterocycles. The van der Waals surface area contributed by atoms with E-state index in [1.165, 1.54) is 6.92 Å². The van der Waals surface area contributed by atoms with Crippen LogP contribution in [0, 0.1) is 0 Å². The minimum atomic E-state index is -1.33. The average Bonchev–Trinajstić information content (AvgIpc) is 2.30. The highest BCUT2D eigenvalue weighted by molar-refractivity contribution is 6.37. The number of hydrogen-bond acceptors (Lipinski definition) is 8. The summed E-state index contributed by atoms with van der Waals surface area (Å²) in [6, 6.07) is -1.00. The van der Waals surface area contributed by atoms with Gasteiger partial charge in [0.25, 0.3) is 0 Å². The molecule has 1 unspecified atom stereocenters. The molecule has 0 aromatic carbocycles. The molecule has 0 amide bonds. The first-order valence-corrected chi connectivity index (χ1v) is 5.56. The lowest BCUT2D eigenvalue weighted by Crippen LogP contribution is -2.64. The highest BCUT2D eigenvalue weighted by Crippen LogP contribution is 2.18. The smallest absolute Gasteiger partial charge is 0.213 e. The van der Waals surface area contributed by atoms with Crippen LogP contribution in [0.3, 0.4) is 0 Å². The lowest BCUT2D eigenvalue weighted by Gasteiger charge is -2.39. The number of aliphatic hydroxyl groups is 3. The number of ether oxygens (including phenoxy) is 1. The first-order valence-electron chi connectivity index (χ1n) is 5.56. The number of rotatable bonds is 5. The highest BCUT2D eigenvalue weighted by Gasteiger charge is 2.41. The van der Waals surface area contributed by atoms with Crippen LogP contribution in [0.15, 0.2) is 0 Å². The zero-order valence-corrected chi connectivity index (χ0v) is 10.2. The maximum atomic E-state index is 11.0. The van der Waals surface area contributed by atoms with Gasteiger partial charge in [0.15, 0.2) is 12.1 Å². The van der Waals surface area contributed by atoms with Crippen LogP contribution in [-0.2, 0) is 14.3 Å². The van der Waals surface area contributed by atoms with E-state index in [2.05, 4.69) is 10.9 Å². The fourth-order valence-corrected chi connectivity index (χ4v) is 1.57. The van der Waals surface area contributed by atoms with Crippen molar-refractivity contribution < 1.29 is 29.6 Å². The van der Waals surface area contributed by atoms with Crippen LogP contribution in [0.4, 0.5) is 0 Å². The van der Waals surface area contributed by atoms with Crippen molar-refractivity contribution in [3.05, 3.63) is 0 Å². The molecule has 1 aliphatic rings. The van der Waals surface area contributed by atoms with Gasteiger partial charge in [-0.2, -0.15) is 0 Å². The lowest BCUT2D eigenvalue weighted by molar-refractivity contribution is -0.244. The minimum absolute atomic E-state index is 0.281. The van der Waals surface area contributed by atoms with Gasteiger partial charge in [0.05, 0.1) is 12.6 Å². The zero-order chi connectivity index (χ0) is 13.9. The van der Waals surface area contributed by atoms with Gasteiger partial charge in [-0.25, -0.2) is 10.9 Å². The molecule has 0 aromatic heterocycles. The predicted octanol–water partition coefficient (Wildman–Crippen LogP) is -2.93. The molecule has 0 spiro atoms. The van der Waals surface area contributed by atoms with E-state index in [0.29, 0.717) is 0 Å². The van der Waals surface area contributed by atoms with Crippen LogP contribution in [0.2, 0.25) is 0 Å². The molecule has 0 saturated carbocycles. The first kappa shape index (κ1) is 15.2. The van der Waals surface area contributed by atoms with Gasteiger partial charge in [-0.15, -0.1) is 0 Å². The third kappa shape index (κ3) is 3.55. The number of nitrogens with one attached hydrogen (secondary N) is 2. The number of Topliss-reactive ketones (excluding diaryl/α,β-unsaturated/α-hetero) is 2. The van der Waals surface area contributed by atoms with Crippen molar-refractivity contribution in [1.29, 1.82) is 0 Å². The minimum Gasteiger partial charge on any atom is -0.388 e. The SMILES string of the molecule is CC(=O)C(=O)CNN[C@H]1C(O)O[C@H](C)[C@@H](O)[C@@H]1O. The van der Waals surface area contributed by atoms with Crippen LogP contribution < -0.4 is 10.9 Å². The summed E-state index contributed by atoms with van der Waals surface area (Å²) in [6.45, 7) is 2.37. The Morgan fingerprint density at radius 2 is 1.83 bits per heavy atom. The lowest BCUT2D eigenvalue weighted by atomic mass is 9.98. The van der Waals surface area contributed by atoms with Crippen molar-refractivity contribution in [2.45, 2.75) is 44.5 Å². The second kappa shape index (κ2) is 6.32. The molecule has 18 heavy (non-hydrogen) atoms. The Hall–Kier alpha value is -0.900. The Balaban J connectivity index is 2.45.